The lowest BCUT2D eigenvalue weighted by Crippen LogP contribution is -1.67. The molecule has 2 rings (SSSR count). The van der Waals surface area contributed by atoms with Crippen LogP contribution < -0.4 is 0 Å². The highest BCUT2D eigenvalue weighted by atomic mass is 16.3. The van der Waals surface area contributed by atoms with Crippen molar-refractivity contribution >= 4 is 11.0 Å². The van der Waals surface area contributed by atoms with Crippen LogP contribution in [0.4, 0.5) is 0 Å². The number of fused-ring (bicyclic) bond motifs is 1. The molecule has 1 aromatic carbocycles. The topological polar surface area (TPSA) is 13.1 Å². The van der Waals surface area contributed by atoms with Gasteiger partial charge < -0.3 is 4.42 Å². The summed E-state index contributed by atoms with van der Waals surface area (Å²) in [6.07, 6.45) is 1.71. The zero-order valence-corrected chi connectivity index (χ0v) is 5.79. The average molecular weight is 148 g/mol. The minimum atomic E-state index is 0. The van der Waals surface area contributed by atoms with Crippen molar-refractivity contribution in [3.05, 3.63) is 36.1 Å². The van der Waals surface area contributed by atoms with Gasteiger partial charge in [-0.2, -0.15) is 0 Å². The second-order valence-electron chi connectivity index (χ2n) is 2.46. The summed E-state index contributed by atoms with van der Waals surface area (Å²) in [5, 5.41) is 1.18. The number of aryl methyl sites for hydroxylation is 1. The second kappa shape index (κ2) is 2.79. The molecule has 0 atom stereocenters. The fourth-order valence-electron chi connectivity index (χ4n) is 1.09. The van der Waals surface area contributed by atoms with Crippen LogP contribution in [0.3, 0.4) is 0 Å². The SMILES string of the molecule is C.Cc1ccc2occc2c1. The first-order chi connectivity index (χ1) is 4.86. The number of rotatable bonds is 0. The first-order valence-electron chi connectivity index (χ1n) is 3.30. The Morgan fingerprint density at radius 1 is 1.18 bits per heavy atom. The number of hydrogen-bond acceptors (Lipinski definition) is 1. The molecule has 0 fully saturated rings. The lowest BCUT2D eigenvalue weighted by atomic mass is 10.2. The minimum absolute atomic E-state index is 0. The molecule has 11 heavy (non-hydrogen) atoms. The molecule has 0 unspecified atom stereocenters. The maximum Gasteiger partial charge on any atom is 0.133 e. The van der Waals surface area contributed by atoms with E-state index in [0.717, 1.165) is 5.58 Å². The van der Waals surface area contributed by atoms with E-state index in [-0.39, 0.29) is 7.43 Å². The van der Waals surface area contributed by atoms with Gasteiger partial charge in [0.25, 0.3) is 0 Å². The molecule has 2 aromatic rings. The van der Waals surface area contributed by atoms with Crippen LogP contribution in [0.5, 0.6) is 0 Å². The van der Waals surface area contributed by atoms with Crippen molar-refractivity contribution in [2.45, 2.75) is 14.4 Å². The second-order valence-corrected chi connectivity index (χ2v) is 2.46. The van der Waals surface area contributed by atoms with Gasteiger partial charge in [-0.25, -0.2) is 0 Å². The van der Waals surface area contributed by atoms with Crippen LogP contribution in [-0.4, -0.2) is 0 Å². The van der Waals surface area contributed by atoms with Gasteiger partial charge in [0.05, 0.1) is 6.26 Å². The fraction of sp³-hybridized carbons (Fsp3) is 0.200. The Labute approximate surface area is 66.6 Å². The summed E-state index contributed by atoms with van der Waals surface area (Å²) in [5.41, 5.74) is 2.24. The van der Waals surface area contributed by atoms with E-state index in [1.165, 1.54) is 10.9 Å². The summed E-state index contributed by atoms with van der Waals surface area (Å²) in [4.78, 5) is 0. The predicted molar refractivity (Wildman–Crippen MR) is 47.7 cm³/mol. The third-order valence-electron chi connectivity index (χ3n) is 1.61. The molecule has 1 nitrogen and oxygen atoms in total. The van der Waals surface area contributed by atoms with E-state index in [2.05, 4.69) is 13.0 Å². The van der Waals surface area contributed by atoms with Crippen LogP contribution in [0, 0.1) is 6.92 Å². The van der Waals surface area contributed by atoms with Crippen LogP contribution in [0.25, 0.3) is 11.0 Å². The van der Waals surface area contributed by atoms with Gasteiger partial charge >= 0.3 is 0 Å². The number of hydrogen-bond donors (Lipinski definition) is 0. The highest BCUT2D eigenvalue weighted by Crippen LogP contribution is 2.15. The van der Waals surface area contributed by atoms with Crippen LogP contribution in [0.2, 0.25) is 0 Å². The molecule has 0 bridgehead atoms. The normalized spacial score (nSPS) is 9.55. The molecule has 0 aliphatic carbocycles. The maximum absolute atomic E-state index is 5.17. The van der Waals surface area contributed by atoms with Gasteiger partial charge in [-0.3, -0.25) is 0 Å². The molecule has 0 saturated carbocycles. The monoisotopic (exact) mass is 148 g/mol. The maximum atomic E-state index is 5.17. The first-order valence-corrected chi connectivity index (χ1v) is 3.30. The smallest absolute Gasteiger partial charge is 0.133 e. The third-order valence-corrected chi connectivity index (χ3v) is 1.61. The van der Waals surface area contributed by atoms with Crippen molar-refractivity contribution in [1.29, 1.82) is 0 Å². The molecule has 1 heterocycles. The minimum Gasteiger partial charge on any atom is -0.464 e. The van der Waals surface area contributed by atoms with Crippen molar-refractivity contribution in [3.63, 3.8) is 0 Å². The lowest BCUT2D eigenvalue weighted by Gasteiger charge is -1.89. The fourth-order valence-corrected chi connectivity index (χ4v) is 1.09. The Bertz CT molecular complexity index is 346. The van der Waals surface area contributed by atoms with Gasteiger partial charge in [0.15, 0.2) is 0 Å². The summed E-state index contributed by atoms with van der Waals surface area (Å²) in [7, 11) is 0. The first kappa shape index (κ1) is 7.86. The van der Waals surface area contributed by atoms with Gasteiger partial charge in [0.2, 0.25) is 0 Å². The molecule has 0 aliphatic rings. The van der Waals surface area contributed by atoms with Gasteiger partial charge in [-0.15, -0.1) is 0 Å². The van der Waals surface area contributed by atoms with Crippen LogP contribution in [0.15, 0.2) is 34.9 Å². The van der Waals surface area contributed by atoms with Gasteiger partial charge in [-0.05, 0) is 25.1 Å². The predicted octanol–water partition coefficient (Wildman–Crippen LogP) is 3.38. The van der Waals surface area contributed by atoms with Crippen molar-refractivity contribution < 1.29 is 4.42 Å². The van der Waals surface area contributed by atoms with E-state index in [4.69, 9.17) is 4.42 Å². The van der Waals surface area contributed by atoms with E-state index in [9.17, 15) is 0 Å². The van der Waals surface area contributed by atoms with Gasteiger partial charge in [0.1, 0.15) is 5.58 Å². The zero-order valence-electron chi connectivity index (χ0n) is 5.79. The average Bonchev–Trinajstić information content (AvgIpc) is 2.33. The zero-order chi connectivity index (χ0) is 6.97. The summed E-state index contributed by atoms with van der Waals surface area (Å²) in [6, 6.07) is 8.12. The standard InChI is InChI=1S/C9H8O.CH4/c1-7-2-3-9-8(6-7)4-5-10-9;/h2-6H,1H3;1H4. The van der Waals surface area contributed by atoms with E-state index < -0.39 is 0 Å². The van der Waals surface area contributed by atoms with Crippen LogP contribution >= 0.6 is 0 Å². The summed E-state index contributed by atoms with van der Waals surface area (Å²) < 4.78 is 5.17. The Hall–Kier alpha value is -1.24. The van der Waals surface area contributed by atoms with Gasteiger partial charge in [-0.1, -0.05) is 19.1 Å². The summed E-state index contributed by atoms with van der Waals surface area (Å²) in [5.74, 6) is 0. The van der Waals surface area contributed by atoms with E-state index in [1.54, 1.807) is 6.26 Å². The Morgan fingerprint density at radius 3 is 2.82 bits per heavy atom. The van der Waals surface area contributed by atoms with Crippen molar-refractivity contribution in [3.8, 4) is 0 Å². The molecule has 0 radical (unpaired) electrons. The molecule has 0 aliphatic heterocycles. The third kappa shape index (κ3) is 1.27. The Morgan fingerprint density at radius 2 is 2.00 bits per heavy atom. The highest BCUT2D eigenvalue weighted by molar-refractivity contribution is 5.77. The molecule has 0 spiro atoms. The van der Waals surface area contributed by atoms with Gasteiger partial charge in [0, 0.05) is 5.39 Å². The quantitative estimate of drug-likeness (QED) is 0.558. The molecule has 58 valence electrons. The number of furan rings is 1. The van der Waals surface area contributed by atoms with Crippen LogP contribution in [-0.2, 0) is 0 Å². The highest BCUT2D eigenvalue weighted by Gasteiger charge is 1.93. The van der Waals surface area contributed by atoms with Crippen molar-refractivity contribution in [1.82, 2.24) is 0 Å². The Kier molecular flexibility index (Phi) is 1.99. The molecule has 1 aromatic heterocycles. The molecule has 0 N–H and O–H groups in total. The van der Waals surface area contributed by atoms with E-state index in [0.29, 0.717) is 0 Å². The lowest BCUT2D eigenvalue weighted by molar-refractivity contribution is 0.616. The Balaban J connectivity index is 0.000000605. The van der Waals surface area contributed by atoms with E-state index in [1.807, 2.05) is 18.2 Å². The summed E-state index contributed by atoms with van der Waals surface area (Å²) in [6.45, 7) is 2.08. The molecular weight excluding hydrogens is 136 g/mol. The van der Waals surface area contributed by atoms with Crippen LogP contribution in [0.1, 0.15) is 13.0 Å². The summed E-state index contributed by atoms with van der Waals surface area (Å²) >= 11 is 0. The number of benzene rings is 1. The van der Waals surface area contributed by atoms with E-state index >= 15 is 0 Å². The van der Waals surface area contributed by atoms with Crippen molar-refractivity contribution in [2.75, 3.05) is 0 Å². The molecule has 0 saturated heterocycles. The molecule has 0 amide bonds. The molecule has 1 heteroatoms. The molecular formula is C10H12O. The van der Waals surface area contributed by atoms with Crippen molar-refractivity contribution in [2.24, 2.45) is 0 Å². The largest absolute Gasteiger partial charge is 0.464 e.